The number of carbonyl (C=O) groups is 1. The van der Waals surface area contributed by atoms with Crippen LogP contribution >= 0.6 is 0 Å². The topological polar surface area (TPSA) is 89.9 Å². The van der Waals surface area contributed by atoms with Crippen molar-refractivity contribution in [3.8, 4) is 11.5 Å². The van der Waals surface area contributed by atoms with Crippen LogP contribution in [0.4, 0.5) is 0 Å². The third-order valence-corrected chi connectivity index (χ3v) is 4.20. The second-order valence-electron chi connectivity index (χ2n) is 4.80. The summed E-state index contributed by atoms with van der Waals surface area (Å²) >= 11 is 0. The summed E-state index contributed by atoms with van der Waals surface area (Å²) in [4.78, 5) is 11.8. The minimum atomic E-state index is -4.45. The number of hydrogen-bond donors (Lipinski definition) is 1. The van der Waals surface area contributed by atoms with Crippen LogP contribution in [0.5, 0.6) is 11.5 Å². The summed E-state index contributed by atoms with van der Waals surface area (Å²) in [6, 6.07) is 10.7. The normalized spacial score (nSPS) is 11.5. The summed E-state index contributed by atoms with van der Waals surface area (Å²) in [6.07, 6.45) is 2.56. The van der Waals surface area contributed by atoms with E-state index in [9.17, 15) is 17.8 Å². The van der Waals surface area contributed by atoms with Gasteiger partial charge in [0.25, 0.3) is 10.1 Å². The molecule has 1 N–H and O–H groups in total. The Balaban J connectivity index is 2.32. The number of rotatable bonds is 6. The fourth-order valence-electron chi connectivity index (χ4n) is 2.02. The molecule has 126 valence electrons. The molecule has 0 spiro atoms. The molecule has 7 heteroatoms. The van der Waals surface area contributed by atoms with Gasteiger partial charge in [0.05, 0.1) is 14.2 Å². The molecular weight excluding hydrogens is 332 g/mol. The van der Waals surface area contributed by atoms with E-state index in [-0.39, 0.29) is 22.0 Å². The Bertz CT molecular complexity index is 866. The van der Waals surface area contributed by atoms with Crippen molar-refractivity contribution < 1.29 is 27.2 Å². The van der Waals surface area contributed by atoms with Crippen molar-refractivity contribution in [3.63, 3.8) is 0 Å². The molecule has 6 nitrogen and oxygen atoms in total. The summed E-state index contributed by atoms with van der Waals surface area (Å²) in [5.41, 5.74) is 0.606. The number of ether oxygens (including phenoxy) is 2. The van der Waals surface area contributed by atoms with Crippen molar-refractivity contribution in [2.24, 2.45) is 0 Å². The van der Waals surface area contributed by atoms with Gasteiger partial charge < -0.3 is 9.47 Å². The predicted molar refractivity (Wildman–Crippen MR) is 89.2 cm³/mol. The first-order chi connectivity index (χ1) is 11.3. The van der Waals surface area contributed by atoms with E-state index < -0.39 is 10.1 Å². The standard InChI is InChI=1S/C17H16O6S/c1-22-14-7-3-12(4-8-14)16(18)10-6-13-5-9-15(23-2)11-17(13)24(19,20)21/h3-11H,1-2H3,(H,19,20,21). The van der Waals surface area contributed by atoms with Gasteiger partial charge in [-0.1, -0.05) is 0 Å². The molecule has 0 amide bonds. The van der Waals surface area contributed by atoms with Gasteiger partial charge in [0.2, 0.25) is 0 Å². The first-order valence-electron chi connectivity index (χ1n) is 6.87. The lowest BCUT2D eigenvalue weighted by molar-refractivity contribution is 0.104. The van der Waals surface area contributed by atoms with Crippen LogP contribution in [0.25, 0.3) is 6.08 Å². The third-order valence-electron chi connectivity index (χ3n) is 3.29. The van der Waals surface area contributed by atoms with Crippen LogP contribution in [-0.4, -0.2) is 33.0 Å². The van der Waals surface area contributed by atoms with E-state index in [2.05, 4.69) is 0 Å². The summed E-state index contributed by atoms with van der Waals surface area (Å²) in [5, 5.41) is 0. The molecule has 0 unspecified atom stereocenters. The van der Waals surface area contributed by atoms with Crippen molar-refractivity contribution in [2.75, 3.05) is 14.2 Å². The van der Waals surface area contributed by atoms with Gasteiger partial charge in [-0.2, -0.15) is 8.42 Å². The van der Waals surface area contributed by atoms with Crippen LogP contribution in [0, 0.1) is 0 Å². The zero-order valence-electron chi connectivity index (χ0n) is 13.1. The Morgan fingerprint density at radius 1 is 1.00 bits per heavy atom. The maximum atomic E-state index is 12.1. The minimum Gasteiger partial charge on any atom is -0.497 e. The number of allylic oxidation sites excluding steroid dienone is 1. The van der Waals surface area contributed by atoms with E-state index in [1.54, 1.807) is 24.3 Å². The second-order valence-corrected chi connectivity index (χ2v) is 6.19. The van der Waals surface area contributed by atoms with Crippen LogP contribution in [0.1, 0.15) is 15.9 Å². The highest BCUT2D eigenvalue weighted by Gasteiger charge is 2.15. The first-order valence-corrected chi connectivity index (χ1v) is 8.31. The number of benzene rings is 2. The van der Waals surface area contributed by atoms with Crippen molar-refractivity contribution in [1.82, 2.24) is 0 Å². The van der Waals surface area contributed by atoms with E-state index in [0.717, 1.165) is 0 Å². The molecule has 0 bridgehead atoms. The zero-order valence-corrected chi connectivity index (χ0v) is 13.9. The van der Waals surface area contributed by atoms with E-state index in [1.807, 2.05) is 0 Å². The maximum absolute atomic E-state index is 12.1. The van der Waals surface area contributed by atoms with Crippen molar-refractivity contribution in [2.45, 2.75) is 4.90 Å². The van der Waals surface area contributed by atoms with Crippen LogP contribution in [-0.2, 0) is 10.1 Å². The molecule has 0 atom stereocenters. The molecule has 0 aliphatic carbocycles. The summed E-state index contributed by atoms with van der Waals surface area (Å²) < 4.78 is 42.2. The number of ketones is 1. The lowest BCUT2D eigenvalue weighted by Crippen LogP contribution is -2.02. The van der Waals surface area contributed by atoms with Gasteiger partial charge in [-0.05, 0) is 54.1 Å². The van der Waals surface area contributed by atoms with Gasteiger partial charge in [0.1, 0.15) is 16.4 Å². The highest BCUT2D eigenvalue weighted by molar-refractivity contribution is 7.86. The average Bonchev–Trinajstić information content (AvgIpc) is 2.58. The Morgan fingerprint density at radius 2 is 1.58 bits per heavy atom. The van der Waals surface area contributed by atoms with Gasteiger partial charge in [-0.15, -0.1) is 0 Å². The minimum absolute atomic E-state index is 0.181. The fourth-order valence-corrected chi connectivity index (χ4v) is 2.72. The lowest BCUT2D eigenvalue weighted by Gasteiger charge is -2.06. The molecule has 0 aliphatic rings. The summed E-state index contributed by atoms with van der Waals surface area (Å²) in [6.45, 7) is 0. The van der Waals surface area contributed by atoms with Crippen LogP contribution in [0.3, 0.4) is 0 Å². The number of hydrogen-bond acceptors (Lipinski definition) is 5. The molecule has 0 saturated carbocycles. The smallest absolute Gasteiger partial charge is 0.295 e. The Morgan fingerprint density at radius 3 is 2.12 bits per heavy atom. The van der Waals surface area contributed by atoms with Gasteiger partial charge in [-0.25, -0.2) is 0 Å². The maximum Gasteiger partial charge on any atom is 0.295 e. The summed E-state index contributed by atoms with van der Waals surface area (Å²) in [7, 11) is -1.54. The first kappa shape index (κ1) is 17.7. The molecule has 0 heterocycles. The van der Waals surface area contributed by atoms with Gasteiger partial charge in [0.15, 0.2) is 5.78 Å². The molecule has 0 fully saturated rings. The largest absolute Gasteiger partial charge is 0.497 e. The fraction of sp³-hybridized carbons (Fsp3) is 0.118. The third kappa shape index (κ3) is 4.21. The van der Waals surface area contributed by atoms with Crippen LogP contribution in [0.2, 0.25) is 0 Å². The number of methoxy groups -OCH3 is 2. The van der Waals surface area contributed by atoms with Crippen molar-refractivity contribution in [1.29, 1.82) is 0 Å². The van der Waals surface area contributed by atoms with E-state index >= 15 is 0 Å². The van der Waals surface area contributed by atoms with Crippen molar-refractivity contribution in [3.05, 3.63) is 59.7 Å². The summed E-state index contributed by atoms with van der Waals surface area (Å²) in [5.74, 6) is 0.593. The van der Waals surface area contributed by atoms with Crippen molar-refractivity contribution >= 4 is 22.0 Å². The van der Waals surface area contributed by atoms with E-state index in [1.165, 1.54) is 44.6 Å². The Kier molecular flexibility index (Phi) is 5.38. The average molecular weight is 348 g/mol. The number of carbonyl (C=O) groups excluding carboxylic acids is 1. The quantitative estimate of drug-likeness (QED) is 0.490. The molecular formula is C17H16O6S. The molecule has 2 aromatic rings. The monoisotopic (exact) mass is 348 g/mol. The van der Waals surface area contributed by atoms with Gasteiger partial charge in [-0.3, -0.25) is 9.35 Å². The molecule has 24 heavy (non-hydrogen) atoms. The molecule has 2 rings (SSSR count). The molecule has 0 aromatic heterocycles. The van der Waals surface area contributed by atoms with E-state index in [4.69, 9.17) is 9.47 Å². The SMILES string of the molecule is COc1ccc(C(=O)C=Cc2ccc(OC)cc2S(=O)(=O)O)cc1. The predicted octanol–water partition coefficient (Wildman–Crippen LogP) is 2.85. The second kappa shape index (κ2) is 7.29. The molecule has 0 saturated heterocycles. The van der Waals surface area contributed by atoms with Crippen LogP contribution in [0.15, 0.2) is 53.4 Å². The zero-order chi connectivity index (χ0) is 17.7. The molecule has 2 aromatic carbocycles. The van der Waals surface area contributed by atoms with Gasteiger partial charge >= 0.3 is 0 Å². The van der Waals surface area contributed by atoms with E-state index in [0.29, 0.717) is 11.3 Å². The van der Waals surface area contributed by atoms with Gasteiger partial charge in [0, 0.05) is 11.6 Å². The van der Waals surface area contributed by atoms with Crippen LogP contribution < -0.4 is 9.47 Å². The molecule has 0 radical (unpaired) electrons. The Labute approximate surface area is 140 Å². The highest BCUT2D eigenvalue weighted by atomic mass is 32.2. The lowest BCUT2D eigenvalue weighted by atomic mass is 10.1. The Hall–Kier alpha value is -2.64. The highest BCUT2D eigenvalue weighted by Crippen LogP contribution is 2.23. The molecule has 0 aliphatic heterocycles.